The van der Waals surface area contributed by atoms with E-state index < -0.39 is 0 Å². The zero-order chi connectivity index (χ0) is 25.9. The molecule has 36 heavy (non-hydrogen) atoms. The van der Waals surface area contributed by atoms with Crippen LogP contribution >= 0.6 is 0 Å². The fourth-order valence-electron chi connectivity index (χ4n) is 4.97. The predicted molar refractivity (Wildman–Crippen MR) is 144 cm³/mol. The van der Waals surface area contributed by atoms with Crippen LogP contribution in [0.3, 0.4) is 0 Å². The van der Waals surface area contributed by atoms with E-state index in [9.17, 15) is 4.79 Å². The molecule has 3 aromatic carbocycles. The second-order valence-electron chi connectivity index (χ2n) is 10.3. The van der Waals surface area contributed by atoms with Gasteiger partial charge in [0, 0.05) is 30.1 Å². The van der Waals surface area contributed by atoms with E-state index in [-0.39, 0.29) is 11.5 Å². The molecule has 0 N–H and O–H groups in total. The van der Waals surface area contributed by atoms with Gasteiger partial charge in [-0.2, -0.15) is 0 Å². The van der Waals surface area contributed by atoms with Crippen LogP contribution in [0.25, 0.3) is 0 Å². The quantitative estimate of drug-likeness (QED) is 0.316. The van der Waals surface area contributed by atoms with Crippen LogP contribution in [-0.2, 0) is 6.61 Å². The first kappa shape index (κ1) is 25.8. The summed E-state index contributed by atoms with van der Waals surface area (Å²) in [4.78, 5) is 13.1. The molecule has 0 saturated heterocycles. The lowest BCUT2D eigenvalue weighted by molar-refractivity contribution is 0.0908. The molecule has 0 bridgehead atoms. The third kappa shape index (κ3) is 5.41. The maximum Gasteiger partial charge on any atom is 0.150 e. The molecule has 4 rings (SSSR count). The molecule has 0 aliphatic carbocycles. The normalized spacial score (nSPS) is 15.9. The minimum absolute atomic E-state index is 0.197. The average molecular weight is 488 g/mol. The molecule has 5 nitrogen and oxygen atoms in total. The number of fused-ring (bicyclic) bond motifs is 1. The van der Waals surface area contributed by atoms with E-state index in [0.717, 1.165) is 53.3 Å². The van der Waals surface area contributed by atoms with Crippen molar-refractivity contribution in [1.82, 2.24) is 4.90 Å². The van der Waals surface area contributed by atoms with Crippen LogP contribution in [-0.4, -0.2) is 43.5 Å². The van der Waals surface area contributed by atoms with Gasteiger partial charge in [-0.1, -0.05) is 30.3 Å². The standard InChI is InChI=1S/C31H37NO4/c1-21-22(2)30-28(23(3)29(21)35-20-25-10-8-7-9-11-25)27(31(4,5)36-30)18-32(6)16-17-34-26-14-12-24(19-33)13-15-26/h7-15,19,27H,16-18,20H2,1-6H3. The number of nitrogens with zero attached hydrogens (tertiary/aromatic N) is 1. The minimum atomic E-state index is -0.331. The molecule has 1 unspecified atom stereocenters. The minimum Gasteiger partial charge on any atom is -0.492 e. The molecule has 5 heteroatoms. The van der Waals surface area contributed by atoms with Crippen molar-refractivity contribution in [2.45, 2.75) is 52.7 Å². The van der Waals surface area contributed by atoms with E-state index in [0.29, 0.717) is 18.8 Å². The number of benzene rings is 3. The van der Waals surface area contributed by atoms with Gasteiger partial charge < -0.3 is 19.1 Å². The molecule has 0 aromatic heterocycles. The van der Waals surface area contributed by atoms with Crippen LogP contribution in [0.15, 0.2) is 54.6 Å². The fourth-order valence-corrected chi connectivity index (χ4v) is 4.97. The molecular weight excluding hydrogens is 450 g/mol. The van der Waals surface area contributed by atoms with E-state index in [2.05, 4.69) is 58.7 Å². The highest BCUT2D eigenvalue weighted by atomic mass is 16.5. The van der Waals surface area contributed by atoms with Crippen molar-refractivity contribution in [3.05, 3.63) is 88.0 Å². The highest BCUT2D eigenvalue weighted by molar-refractivity contribution is 5.74. The summed E-state index contributed by atoms with van der Waals surface area (Å²) < 4.78 is 18.9. The Morgan fingerprint density at radius 3 is 2.31 bits per heavy atom. The smallest absolute Gasteiger partial charge is 0.150 e. The van der Waals surface area contributed by atoms with Crippen molar-refractivity contribution < 1.29 is 19.0 Å². The summed E-state index contributed by atoms with van der Waals surface area (Å²) in [7, 11) is 2.12. The first-order valence-electron chi connectivity index (χ1n) is 12.6. The molecule has 0 fully saturated rings. The third-order valence-electron chi connectivity index (χ3n) is 7.26. The van der Waals surface area contributed by atoms with Crippen LogP contribution in [0, 0.1) is 20.8 Å². The van der Waals surface area contributed by atoms with Crippen molar-refractivity contribution in [2.24, 2.45) is 0 Å². The lowest BCUT2D eigenvalue weighted by Crippen LogP contribution is -2.38. The maximum atomic E-state index is 10.8. The summed E-state index contributed by atoms with van der Waals surface area (Å²) in [6.07, 6.45) is 0.837. The van der Waals surface area contributed by atoms with Crippen molar-refractivity contribution in [3.63, 3.8) is 0 Å². The van der Waals surface area contributed by atoms with Crippen LogP contribution in [0.1, 0.15) is 57.9 Å². The third-order valence-corrected chi connectivity index (χ3v) is 7.26. The first-order valence-corrected chi connectivity index (χ1v) is 12.6. The Kier molecular flexibility index (Phi) is 7.70. The Hall–Kier alpha value is -3.31. The second kappa shape index (κ2) is 10.8. The Balaban J connectivity index is 1.49. The van der Waals surface area contributed by atoms with E-state index >= 15 is 0 Å². The van der Waals surface area contributed by atoms with Crippen LogP contribution in [0.4, 0.5) is 0 Å². The topological polar surface area (TPSA) is 48.0 Å². The predicted octanol–water partition coefficient (Wildman–Crippen LogP) is 6.27. The first-order chi connectivity index (χ1) is 17.2. The molecule has 0 saturated carbocycles. The average Bonchev–Trinajstić information content (AvgIpc) is 3.14. The molecular formula is C31H37NO4. The van der Waals surface area contributed by atoms with Crippen LogP contribution < -0.4 is 14.2 Å². The molecule has 0 radical (unpaired) electrons. The van der Waals surface area contributed by atoms with Gasteiger partial charge in [-0.15, -0.1) is 0 Å². The summed E-state index contributed by atoms with van der Waals surface area (Å²) in [6, 6.07) is 17.5. The van der Waals surface area contributed by atoms with Gasteiger partial charge in [-0.25, -0.2) is 0 Å². The molecule has 1 atom stereocenters. The zero-order valence-corrected chi connectivity index (χ0v) is 22.3. The van der Waals surface area contributed by atoms with Crippen LogP contribution in [0.2, 0.25) is 0 Å². The summed E-state index contributed by atoms with van der Waals surface area (Å²) in [5, 5.41) is 0. The lowest BCUT2D eigenvalue weighted by atomic mass is 9.82. The molecule has 1 heterocycles. The van der Waals surface area contributed by atoms with Gasteiger partial charge in [0.15, 0.2) is 0 Å². The number of ether oxygens (including phenoxy) is 3. The highest BCUT2D eigenvalue weighted by Gasteiger charge is 2.44. The Morgan fingerprint density at radius 1 is 0.944 bits per heavy atom. The number of likely N-dealkylation sites (N-methyl/N-ethyl adjacent to an activating group) is 1. The molecule has 190 valence electrons. The Labute approximate surface area is 215 Å². The van der Waals surface area contributed by atoms with Crippen LogP contribution in [0.5, 0.6) is 17.2 Å². The molecule has 0 amide bonds. The number of carbonyl (C=O) groups is 1. The lowest BCUT2D eigenvalue weighted by Gasteiger charge is -2.30. The Morgan fingerprint density at radius 2 is 1.64 bits per heavy atom. The van der Waals surface area contributed by atoms with Gasteiger partial charge in [-0.05, 0) is 88.2 Å². The van der Waals surface area contributed by atoms with Crippen molar-refractivity contribution in [1.29, 1.82) is 0 Å². The summed E-state index contributed by atoms with van der Waals surface area (Å²) in [5.41, 5.74) is 6.18. The number of carbonyl (C=O) groups excluding carboxylic acids is 1. The van der Waals surface area contributed by atoms with E-state index in [1.807, 2.05) is 30.3 Å². The highest BCUT2D eigenvalue weighted by Crippen LogP contribution is 2.51. The summed E-state index contributed by atoms with van der Waals surface area (Å²) in [6.45, 7) is 13.5. The van der Waals surface area contributed by atoms with Gasteiger partial charge in [0.1, 0.15) is 42.3 Å². The van der Waals surface area contributed by atoms with Gasteiger partial charge in [0.2, 0.25) is 0 Å². The van der Waals surface area contributed by atoms with Gasteiger partial charge in [0.25, 0.3) is 0 Å². The van der Waals surface area contributed by atoms with Gasteiger partial charge in [0.05, 0.1) is 0 Å². The van der Waals surface area contributed by atoms with Crippen molar-refractivity contribution >= 4 is 6.29 Å². The van der Waals surface area contributed by atoms with E-state index in [4.69, 9.17) is 14.2 Å². The van der Waals surface area contributed by atoms with E-state index in [1.54, 1.807) is 12.1 Å². The van der Waals surface area contributed by atoms with E-state index in [1.165, 1.54) is 11.1 Å². The van der Waals surface area contributed by atoms with Crippen molar-refractivity contribution in [3.8, 4) is 17.2 Å². The number of hydrogen-bond acceptors (Lipinski definition) is 5. The second-order valence-corrected chi connectivity index (χ2v) is 10.3. The van der Waals surface area contributed by atoms with Crippen molar-refractivity contribution in [2.75, 3.05) is 26.7 Å². The summed E-state index contributed by atoms with van der Waals surface area (Å²) in [5.74, 6) is 2.94. The molecule has 3 aromatic rings. The summed E-state index contributed by atoms with van der Waals surface area (Å²) >= 11 is 0. The number of hydrogen-bond donors (Lipinski definition) is 0. The Bertz CT molecular complexity index is 1200. The fraction of sp³-hybridized carbons (Fsp3) is 0.387. The van der Waals surface area contributed by atoms with Gasteiger partial charge >= 0.3 is 0 Å². The number of rotatable bonds is 10. The SMILES string of the molecule is Cc1c(C)c2c(c(C)c1OCc1ccccc1)C(CN(C)CCOc1ccc(C=O)cc1)C(C)(C)O2. The largest absolute Gasteiger partial charge is 0.492 e. The molecule has 0 spiro atoms. The maximum absolute atomic E-state index is 10.8. The monoisotopic (exact) mass is 487 g/mol. The molecule has 1 aliphatic rings. The number of aldehydes is 1. The zero-order valence-electron chi connectivity index (χ0n) is 22.3. The molecule has 1 aliphatic heterocycles. The van der Waals surface area contributed by atoms with Gasteiger partial charge in [-0.3, -0.25) is 4.79 Å².